The van der Waals surface area contributed by atoms with E-state index in [9.17, 15) is 0 Å². The SMILES string of the molecule is Cn1c2ccccc2c2cc(C3=CC=C4Nc5ccccc5C4C3)ccc21. The first kappa shape index (κ1) is 14.9. The van der Waals surface area contributed by atoms with Gasteiger partial charge in [-0.1, -0.05) is 48.5 Å². The monoisotopic (exact) mass is 348 g/mol. The normalized spacial score (nSPS) is 18.0. The largest absolute Gasteiger partial charge is 0.358 e. The lowest BCUT2D eigenvalue weighted by atomic mass is 9.85. The number of nitrogens with one attached hydrogen (secondary N) is 1. The van der Waals surface area contributed by atoms with E-state index in [1.54, 1.807) is 0 Å². The fraction of sp³-hybridized carbons (Fsp3) is 0.120. The van der Waals surface area contributed by atoms with Gasteiger partial charge in [-0.15, -0.1) is 0 Å². The molecule has 6 rings (SSSR count). The second kappa shape index (κ2) is 5.37. The van der Waals surface area contributed by atoms with Crippen molar-refractivity contribution in [3.63, 3.8) is 0 Å². The molecule has 3 aromatic carbocycles. The molecule has 0 spiro atoms. The summed E-state index contributed by atoms with van der Waals surface area (Å²) < 4.78 is 2.29. The molecule has 2 nitrogen and oxygen atoms in total. The average Bonchev–Trinajstić information content (AvgIpc) is 3.23. The summed E-state index contributed by atoms with van der Waals surface area (Å²) in [5.41, 5.74) is 9.33. The lowest BCUT2D eigenvalue weighted by Crippen LogP contribution is -2.05. The van der Waals surface area contributed by atoms with E-state index in [0.717, 1.165) is 6.42 Å². The van der Waals surface area contributed by atoms with Crippen LogP contribution in [0.15, 0.2) is 84.6 Å². The Hall–Kier alpha value is -3.26. The molecule has 1 unspecified atom stereocenters. The molecule has 0 bridgehead atoms. The third kappa shape index (κ3) is 2.07. The predicted octanol–water partition coefficient (Wildman–Crippen LogP) is 6.21. The first-order valence-corrected chi connectivity index (χ1v) is 9.54. The molecule has 0 radical (unpaired) electrons. The average molecular weight is 348 g/mol. The number of hydrogen-bond donors (Lipinski definition) is 1. The van der Waals surface area contributed by atoms with Gasteiger partial charge in [-0.3, -0.25) is 0 Å². The second-order valence-electron chi connectivity index (χ2n) is 7.59. The molecule has 1 aromatic heterocycles. The molecule has 2 aliphatic rings. The van der Waals surface area contributed by atoms with Crippen molar-refractivity contribution in [3.8, 4) is 0 Å². The Morgan fingerprint density at radius 3 is 2.63 bits per heavy atom. The molecule has 130 valence electrons. The van der Waals surface area contributed by atoms with E-state index in [0.29, 0.717) is 5.92 Å². The van der Waals surface area contributed by atoms with Crippen molar-refractivity contribution in [2.45, 2.75) is 12.3 Å². The zero-order chi connectivity index (χ0) is 18.0. The molecule has 4 aromatic rings. The lowest BCUT2D eigenvalue weighted by Gasteiger charge is -2.19. The Kier molecular flexibility index (Phi) is 2.96. The van der Waals surface area contributed by atoms with Crippen LogP contribution in [0.3, 0.4) is 0 Å². The first-order chi connectivity index (χ1) is 13.3. The number of rotatable bonds is 1. The Morgan fingerprint density at radius 2 is 1.67 bits per heavy atom. The summed E-state index contributed by atoms with van der Waals surface area (Å²) in [6.07, 6.45) is 5.60. The van der Waals surface area contributed by atoms with Crippen molar-refractivity contribution in [2.75, 3.05) is 5.32 Å². The third-order valence-electron chi connectivity index (χ3n) is 6.16. The highest BCUT2D eigenvalue weighted by molar-refractivity contribution is 6.08. The molecule has 2 heterocycles. The number of aromatic nitrogens is 1. The minimum absolute atomic E-state index is 0.449. The molecule has 0 saturated heterocycles. The quantitative estimate of drug-likeness (QED) is 0.432. The van der Waals surface area contributed by atoms with Crippen molar-refractivity contribution in [1.29, 1.82) is 0 Å². The summed E-state index contributed by atoms with van der Waals surface area (Å²) in [6.45, 7) is 0. The van der Waals surface area contributed by atoms with Gasteiger partial charge in [0.15, 0.2) is 0 Å². The molecule has 1 atom stereocenters. The van der Waals surface area contributed by atoms with Gasteiger partial charge in [0.2, 0.25) is 0 Å². The summed E-state index contributed by atoms with van der Waals surface area (Å²) in [5.74, 6) is 0.449. The van der Waals surface area contributed by atoms with Crippen molar-refractivity contribution in [2.24, 2.45) is 7.05 Å². The summed E-state index contributed by atoms with van der Waals surface area (Å²) >= 11 is 0. The highest BCUT2D eigenvalue weighted by Gasteiger charge is 2.29. The fourth-order valence-corrected chi connectivity index (χ4v) is 4.76. The van der Waals surface area contributed by atoms with Gasteiger partial charge in [-0.2, -0.15) is 0 Å². The van der Waals surface area contributed by atoms with Gasteiger partial charge in [0.1, 0.15) is 0 Å². The minimum Gasteiger partial charge on any atom is -0.358 e. The zero-order valence-electron chi connectivity index (χ0n) is 15.2. The maximum Gasteiger partial charge on any atom is 0.0489 e. The van der Waals surface area contributed by atoms with Gasteiger partial charge in [-0.05, 0) is 53.5 Å². The molecule has 1 aliphatic heterocycles. The standard InChI is InChI=1S/C25H20N2/c1-27-24-9-5-3-7-19(24)21-15-17(11-13-25(21)27)16-10-12-23-20(14-16)18-6-2-4-8-22(18)26-23/h2-13,15,20,26H,14H2,1H3. The predicted molar refractivity (Wildman–Crippen MR) is 114 cm³/mol. The van der Waals surface area contributed by atoms with Crippen molar-refractivity contribution in [3.05, 3.63) is 95.7 Å². The number of anilines is 1. The Bertz CT molecular complexity index is 1290. The molecule has 0 saturated carbocycles. The van der Waals surface area contributed by atoms with Crippen LogP contribution in [0.2, 0.25) is 0 Å². The van der Waals surface area contributed by atoms with Crippen LogP contribution in [0.25, 0.3) is 27.4 Å². The van der Waals surface area contributed by atoms with E-state index in [4.69, 9.17) is 0 Å². The second-order valence-corrected chi connectivity index (χ2v) is 7.59. The van der Waals surface area contributed by atoms with Crippen LogP contribution in [-0.4, -0.2) is 4.57 Å². The van der Waals surface area contributed by atoms with Crippen LogP contribution in [0.1, 0.15) is 23.5 Å². The Balaban J connectivity index is 1.47. The van der Waals surface area contributed by atoms with Crippen molar-refractivity contribution >= 4 is 33.1 Å². The summed E-state index contributed by atoms with van der Waals surface area (Å²) in [7, 11) is 2.15. The molecule has 1 aliphatic carbocycles. The number of para-hydroxylation sites is 2. The smallest absolute Gasteiger partial charge is 0.0489 e. The molecule has 2 heteroatoms. The molecular weight excluding hydrogens is 328 g/mol. The van der Waals surface area contributed by atoms with E-state index < -0.39 is 0 Å². The number of allylic oxidation sites excluding steroid dienone is 4. The maximum atomic E-state index is 3.58. The van der Waals surface area contributed by atoms with Gasteiger partial charge in [-0.25, -0.2) is 0 Å². The highest BCUT2D eigenvalue weighted by atomic mass is 14.9. The topological polar surface area (TPSA) is 17.0 Å². The van der Waals surface area contributed by atoms with Crippen molar-refractivity contribution < 1.29 is 0 Å². The van der Waals surface area contributed by atoms with Gasteiger partial charge < -0.3 is 9.88 Å². The first-order valence-electron chi connectivity index (χ1n) is 9.54. The number of nitrogens with zero attached hydrogens (tertiary/aromatic N) is 1. The molecular formula is C25H20N2. The van der Waals surface area contributed by atoms with Crippen LogP contribution in [-0.2, 0) is 7.05 Å². The van der Waals surface area contributed by atoms with Crippen LogP contribution < -0.4 is 5.32 Å². The summed E-state index contributed by atoms with van der Waals surface area (Å²) in [4.78, 5) is 0. The molecule has 0 fully saturated rings. The van der Waals surface area contributed by atoms with E-state index in [1.165, 1.54) is 49.9 Å². The van der Waals surface area contributed by atoms with E-state index in [2.05, 4.69) is 95.8 Å². The highest BCUT2D eigenvalue weighted by Crippen LogP contribution is 2.46. The lowest BCUT2D eigenvalue weighted by molar-refractivity contribution is 0.849. The van der Waals surface area contributed by atoms with Gasteiger partial charge in [0, 0.05) is 46.2 Å². The van der Waals surface area contributed by atoms with E-state index >= 15 is 0 Å². The van der Waals surface area contributed by atoms with Gasteiger partial charge in [0.25, 0.3) is 0 Å². The zero-order valence-corrected chi connectivity index (χ0v) is 15.2. The number of aryl methyl sites for hydroxylation is 1. The fourth-order valence-electron chi connectivity index (χ4n) is 4.76. The van der Waals surface area contributed by atoms with E-state index in [1.807, 2.05) is 0 Å². The van der Waals surface area contributed by atoms with Crippen LogP contribution >= 0.6 is 0 Å². The molecule has 27 heavy (non-hydrogen) atoms. The number of hydrogen-bond acceptors (Lipinski definition) is 1. The Morgan fingerprint density at radius 1 is 0.852 bits per heavy atom. The van der Waals surface area contributed by atoms with Crippen molar-refractivity contribution in [1.82, 2.24) is 4.57 Å². The molecule has 0 amide bonds. The number of fused-ring (bicyclic) bond motifs is 6. The van der Waals surface area contributed by atoms with Gasteiger partial charge >= 0.3 is 0 Å². The van der Waals surface area contributed by atoms with Crippen LogP contribution in [0.4, 0.5) is 5.69 Å². The van der Waals surface area contributed by atoms with E-state index in [-0.39, 0.29) is 0 Å². The van der Waals surface area contributed by atoms with Crippen LogP contribution in [0.5, 0.6) is 0 Å². The molecule has 1 N–H and O–H groups in total. The Labute approximate surface area is 158 Å². The number of benzene rings is 3. The van der Waals surface area contributed by atoms with Crippen LogP contribution in [0, 0.1) is 0 Å². The summed E-state index contributed by atoms with van der Waals surface area (Å²) in [5, 5.41) is 6.25. The third-order valence-corrected chi connectivity index (χ3v) is 6.16. The summed E-state index contributed by atoms with van der Waals surface area (Å²) in [6, 6.07) is 24.3. The van der Waals surface area contributed by atoms with Gasteiger partial charge in [0.05, 0.1) is 0 Å². The minimum atomic E-state index is 0.449. The maximum absolute atomic E-state index is 3.58.